The molecule has 11 heteroatoms. The number of benzene rings is 2. The average molecular weight is 638 g/mol. The molecule has 0 radical (unpaired) electrons. The second-order valence-corrected chi connectivity index (χ2v) is 13.9. The lowest BCUT2D eigenvalue weighted by Gasteiger charge is -2.25. The van der Waals surface area contributed by atoms with E-state index in [-0.39, 0.29) is 35.6 Å². The normalized spacial score (nSPS) is 16.9. The van der Waals surface area contributed by atoms with Gasteiger partial charge in [-0.25, -0.2) is 13.1 Å². The quantitative estimate of drug-likeness (QED) is 0.217. The summed E-state index contributed by atoms with van der Waals surface area (Å²) in [7, 11) is -3.76. The predicted molar refractivity (Wildman–Crippen MR) is 178 cm³/mol. The molecule has 238 valence electrons. The largest absolute Gasteiger partial charge is 0.325 e. The van der Waals surface area contributed by atoms with Crippen molar-refractivity contribution in [3.8, 4) is 0 Å². The topological polar surface area (TPSA) is 123 Å². The van der Waals surface area contributed by atoms with Gasteiger partial charge in [-0.1, -0.05) is 42.8 Å². The first-order valence-electron chi connectivity index (χ1n) is 15.8. The number of nitrogens with one attached hydrogen (secondary N) is 1. The third kappa shape index (κ3) is 6.17. The van der Waals surface area contributed by atoms with Gasteiger partial charge in [-0.3, -0.25) is 14.8 Å². The van der Waals surface area contributed by atoms with Gasteiger partial charge in [-0.2, -0.15) is 4.31 Å². The second kappa shape index (κ2) is 13.1. The highest BCUT2D eigenvalue weighted by atomic mass is 32.2. The Balaban J connectivity index is 1.40. The smallest absolute Gasteiger partial charge is 0.245 e. The lowest BCUT2D eigenvalue weighted by atomic mass is 9.84. The first kappa shape index (κ1) is 31.5. The van der Waals surface area contributed by atoms with Crippen LogP contribution in [0.5, 0.6) is 0 Å². The van der Waals surface area contributed by atoms with Crippen LogP contribution < -0.4 is 5.32 Å². The molecule has 0 saturated carbocycles. The minimum absolute atomic E-state index is 0.151. The van der Waals surface area contributed by atoms with Crippen LogP contribution in [-0.4, -0.2) is 50.1 Å². The molecular weight excluding hydrogens is 598 g/mol. The summed E-state index contributed by atoms with van der Waals surface area (Å²) in [5.74, 6) is -0.313. The van der Waals surface area contributed by atoms with Gasteiger partial charge in [0.2, 0.25) is 15.9 Å². The van der Waals surface area contributed by atoms with Gasteiger partial charge in [-0.05, 0) is 91.3 Å². The minimum atomic E-state index is -3.76. The molecule has 0 saturated heterocycles. The van der Waals surface area contributed by atoms with Crippen LogP contribution in [0, 0.1) is 19.8 Å². The number of pyridine rings is 2. The van der Waals surface area contributed by atoms with Gasteiger partial charge in [0.05, 0.1) is 23.1 Å². The summed E-state index contributed by atoms with van der Waals surface area (Å²) < 4.78 is 31.4. The molecule has 1 unspecified atom stereocenters. The van der Waals surface area contributed by atoms with Crippen molar-refractivity contribution in [2.24, 2.45) is 5.92 Å². The van der Waals surface area contributed by atoms with Crippen molar-refractivity contribution in [3.63, 3.8) is 0 Å². The Labute approximate surface area is 269 Å². The Kier molecular flexibility index (Phi) is 8.97. The molecule has 1 aliphatic rings. The van der Waals surface area contributed by atoms with Crippen molar-refractivity contribution in [3.05, 3.63) is 107 Å². The van der Waals surface area contributed by atoms with Gasteiger partial charge < -0.3 is 5.32 Å². The number of carbonyl (C=O) groups is 1. The highest BCUT2D eigenvalue weighted by molar-refractivity contribution is 7.89. The number of anilines is 1. The van der Waals surface area contributed by atoms with E-state index in [9.17, 15) is 13.2 Å². The monoisotopic (exact) mass is 637 g/mol. The van der Waals surface area contributed by atoms with E-state index >= 15 is 0 Å². The third-order valence-electron chi connectivity index (χ3n) is 9.10. The molecule has 1 amide bonds. The molecular formula is C35H39N7O3S. The number of aromatic nitrogens is 5. The molecule has 46 heavy (non-hydrogen) atoms. The van der Waals surface area contributed by atoms with E-state index in [0.29, 0.717) is 30.9 Å². The summed E-state index contributed by atoms with van der Waals surface area (Å²) in [5, 5.41) is 11.8. The van der Waals surface area contributed by atoms with Crippen molar-refractivity contribution in [2.75, 3.05) is 11.9 Å². The van der Waals surface area contributed by atoms with E-state index in [1.54, 1.807) is 41.1 Å². The minimum Gasteiger partial charge on any atom is -0.325 e. The summed E-state index contributed by atoms with van der Waals surface area (Å²) in [6.45, 7) is 9.48. The maximum atomic E-state index is 14.0. The molecule has 5 aromatic rings. The maximum absolute atomic E-state index is 14.0. The number of hydrogen-bond donors (Lipinski definition) is 1. The van der Waals surface area contributed by atoms with Crippen molar-refractivity contribution < 1.29 is 13.2 Å². The first-order chi connectivity index (χ1) is 22.2. The molecule has 10 nitrogen and oxygen atoms in total. The SMILES string of the molecule is CC[C@H]1Cc2ncccc2S(=O)(=O)N(Cc2cc(C(CC(=O)Nc3cccnc3)c3ccc4c(nnn4CC)c3C)ccc2C)C1. The second-order valence-electron chi connectivity index (χ2n) is 12.0. The number of sulfonamides is 1. The van der Waals surface area contributed by atoms with E-state index in [0.717, 1.165) is 45.3 Å². The number of nitrogens with zero attached hydrogens (tertiary/aromatic N) is 6. The maximum Gasteiger partial charge on any atom is 0.245 e. The van der Waals surface area contributed by atoms with E-state index < -0.39 is 10.0 Å². The molecule has 4 heterocycles. The van der Waals surface area contributed by atoms with Gasteiger partial charge in [-0.15, -0.1) is 5.10 Å². The van der Waals surface area contributed by atoms with Crippen LogP contribution >= 0.6 is 0 Å². The molecule has 1 N–H and O–H groups in total. The molecule has 0 fully saturated rings. The van der Waals surface area contributed by atoms with Crippen LogP contribution in [0.2, 0.25) is 0 Å². The van der Waals surface area contributed by atoms with Crippen LogP contribution in [-0.2, 0) is 34.3 Å². The van der Waals surface area contributed by atoms with Gasteiger partial charge in [0.1, 0.15) is 10.4 Å². The fraction of sp³-hybridized carbons (Fsp3) is 0.343. The number of fused-ring (bicyclic) bond motifs is 2. The molecule has 2 aromatic carbocycles. The highest BCUT2D eigenvalue weighted by Crippen LogP contribution is 2.36. The van der Waals surface area contributed by atoms with Gasteiger partial charge in [0.25, 0.3) is 0 Å². The Morgan fingerprint density at radius 2 is 1.89 bits per heavy atom. The van der Waals surface area contributed by atoms with Crippen molar-refractivity contribution in [2.45, 2.75) is 70.9 Å². The number of rotatable bonds is 9. The molecule has 6 rings (SSSR count). The number of carbonyl (C=O) groups excluding carboxylic acids is 1. The molecule has 0 spiro atoms. The zero-order valence-electron chi connectivity index (χ0n) is 26.6. The Morgan fingerprint density at radius 3 is 2.65 bits per heavy atom. The van der Waals surface area contributed by atoms with Gasteiger partial charge >= 0.3 is 0 Å². The lowest BCUT2D eigenvalue weighted by Crippen LogP contribution is -2.33. The zero-order chi connectivity index (χ0) is 32.4. The van der Waals surface area contributed by atoms with Crippen LogP contribution in [0.15, 0.2) is 78.1 Å². The fourth-order valence-corrected chi connectivity index (χ4v) is 8.08. The summed E-state index contributed by atoms with van der Waals surface area (Å²) in [5.41, 5.74) is 7.75. The summed E-state index contributed by atoms with van der Waals surface area (Å²) in [6.07, 6.45) is 6.59. The number of aryl methyl sites for hydroxylation is 3. The Hall–Kier alpha value is -4.48. The Morgan fingerprint density at radius 1 is 1.07 bits per heavy atom. The summed E-state index contributed by atoms with van der Waals surface area (Å²) in [4.78, 5) is 22.4. The number of amides is 1. The van der Waals surface area contributed by atoms with Crippen LogP contribution in [0.1, 0.15) is 66.1 Å². The van der Waals surface area contributed by atoms with Crippen LogP contribution in [0.4, 0.5) is 5.69 Å². The van der Waals surface area contributed by atoms with E-state index in [2.05, 4.69) is 44.7 Å². The van der Waals surface area contributed by atoms with Crippen molar-refractivity contribution >= 4 is 32.7 Å². The Bertz CT molecular complexity index is 1990. The number of hydrogen-bond acceptors (Lipinski definition) is 7. The van der Waals surface area contributed by atoms with Crippen molar-refractivity contribution in [1.82, 2.24) is 29.3 Å². The highest BCUT2D eigenvalue weighted by Gasteiger charge is 2.34. The molecule has 1 aliphatic heterocycles. The fourth-order valence-electron chi connectivity index (χ4n) is 6.40. The zero-order valence-corrected chi connectivity index (χ0v) is 27.5. The summed E-state index contributed by atoms with van der Waals surface area (Å²) in [6, 6.07) is 17.1. The molecule has 0 aliphatic carbocycles. The van der Waals surface area contributed by atoms with E-state index in [1.165, 1.54) is 0 Å². The third-order valence-corrected chi connectivity index (χ3v) is 11.0. The average Bonchev–Trinajstić information content (AvgIpc) is 3.45. The molecule has 3 aromatic heterocycles. The standard InChI is InChI=1S/C35H39N7O3S/c1-5-25-17-31-33(10-8-16-37-31)46(44,45)41(21-25)22-27-18-26(12-11-23(27)3)30(19-34(43)38-28-9-7-15-36-20-28)29-13-14-32-35(24(29)4)39-40-42(32)6-2/h7-16,18,20,25,30H,5-6,17,19,21-22H2,1-4H3,(H,38,43)/t25-,30?/m0/s1. The van der Waals surface area contributed by atoms with Crippen molar-refractivity contribution in [1.29, 1.82) is 0 Å². The van der Waals surface area contributed by atoms with Crippen LogP contribution in [0.3, 0.4) is 0 Å². The van der Waals surface area contributed by atoms with E-state index in [4.69, 9.17) is 0 Å². The van der Waals surface area contributed by atoms with Gasteiger partial charge in [0, 0.05) is 44.4 Å². The van der Waals surface area contributed by atoms with Crippen LogP contribution in [0.25, 0.3) is 11.0 Å². The van der Waals surface area contributed by atoms with Gasteiger partial charge in [0.15, 0.2) is 0 Å². The molecule has 2 atom stereocenters. The predicted octanol–water partition coefficient (Wildman–Crippen LogP) is 5.79. The lowest BCUT2D eigenvalue weighted by molar-refractivity contribution is -0.116. The first-order valence-corrected chi connectivity index (χ1v) is 17.2. The van der Waals surface area contributed by atoms with E-state index in [1.807, 2.05) is 49.7 Å². The summed E-state index contributed by atoms with van der Waals surface area (Å²) >= 11 is 0. The molecule has 0 bridgehead atoms.